The highest BCUT2D eigenvalue weighted by atomic mass is 32.1. The largest absolute Gasteiger partial charge is 0.456 e. The first kappa shape index (κ1) is 56.7. The number of rotatable bonds is 9. The summed E-state index contributed by atoms with van der Waals surface area (Å²) in [6.07, 6.45) is 0. The van der Waals surface area contributed by atoms with Gasteiger partial charge in [0.05, 0.1) is 48.4 Å². The minimum atomic E-state index is 0.548. The van der Waals surface area contributed by atoms with E-state index in [2.05, 4.69) is 240 Å². The molecule has 10 nitrogen and oxygen atoms in total. The van der Waals surface area contributed by atoms with E-state index in [4.69, 9.17) is 38.7 Å². The predicted molar refractivity (Wildman–Crippen MR) is 420 cm³/mol. The minimum absolute atomic E-state index is 0.548. The van der Waals surface area contributed by atoms with Crippen LogP contribution in [-0.4, -0.2) is 39.0 Å². The van der Waals surface area contributed by atoms with Gasteiger partial charge in [-0.1, -0.05) is 218 Å². The SMILES string of the molecule is c1ccc(-c2nc(-c3cccc4c3oc3ccccc34)nc(-c3cccc4c3sc3c(-n5c6ccccc6c6cc(-c7ccc(-c8nc(-c9ccc%10c(c9)oc9ccccc9%10)nc(-c9cccc%10c9sc9c(-n%11c%12ccccc%12c%12ccccc%12%11)cccc9%10)n8)cc7)ccc65)cccc34)n2)cc1. The summed E-state index contributed by atoms with van der Waals surface area (Å²) in [7, 11) is 0. The average molecular weight is 1340 g/mol. The van der Waals surface area contributed by atoms with Crippen LogP contribution < -0.4 is 0 Å². The second-order valence-corrected chi connectivity index (χ2v) is 28.0. The number of hydrogen-bond acceptors (Lipinski definition) is 10. The molecule has 102 heavy (non-hydrogen) atoms. The fourth-order valence-corrected chi connectivity index (χ4v) is 18.2. The lowest BCUT2D eigenvalue weighted by Gasteiger charge is -2.11. The fourth-order valence-electron chi connectivity index (χ4n) is 15.6. The molecule has 22 aromatic rings. The molecule has 0 saturated carbocycles. The molecule has 14 aromatic carbocycles. The Morgan fingerprint density at radius 3 is 1.20 bits per heavy atom. The molecule has 0 bridgehead atoms. The number of para-hydroxylation sites is 6. The van der Waals surface area contributed by atoms with Crippen LogP contribution in [0.2, 0.25) is 0 Å². The number of hydrogen-bond donors (Lipinski definition) is 0. The quantitative estimate of drug-likeness (QED) is 0.140. The Kier molecular flexibility index (Phi) is 12.3. The van der Waals surface area contributed by atoms with Crippen molar-refractivity contribution in [2.45, 2.75) is 0 Å². The first-order valence-electron chi connectivity index (χ1n) is 34.0. The van der Waals surface area contributed by atoms with Gasteiger partial charge in [-0.25, -0.2) is 29.9 Å². The molecule has 0 atom stereocenters. The van der Waals surface area contributed by atoms with Gasteiger partial charge in [-0.15, -0.1) is 22.7 Å². The fraction of sp³-hybridized carbons (Fsp3) is 0. The number of aromatic nitrogens is 8. The number of benzene rings is 14. The van der Waals surface area contributed by atoms with Gasteiger partial charge in [0, 0.05) is 102 Å². The van der Waals surface area contributed by atoms with Crippen LogP contribution >= 0.6 is 22.7 Å². The van der Waals surface area contributed by atoms with E-state index >= 15 is 0 Å². The Balaban J connectivity index is 0.654. The molecule has 8 aromatic heterocycles. The first-order valence-corrected chi connectivity index (χ1v) is 35.6. The lowest BCUT2D eigenvalue weighted by atomic mass is 10.0. The summed E-state index contributed by atoms with van der Waals surface area (Å²) in [6.45, 7) is 0. The van der Waals surface area contributed by atoms with Crippen molar-refractivity contribution < 1.29 is 8.83 Å². The molecule has 0 aliphatic carbocycles. The maximum atomic E-state index is 6.57. The van der Waals surface area contributed by atoms with Gasteiger partial charge in [-0.3, -0.25) is 0 Å². The molecule has 0 fully saturated rings. The van der Waals surface area contributed by atoms with Crippen LogP contribution in [0.3, 0.4) is 0 Å². The molecular formula is C90H50N8O2S2. The molecule has 0 radical (unpaired) electrons. The minimum Gasteiger partial charge on any atom is -0.456 e. The number of thiophene rings is 2. The Hall–Kier alpha value is -13.3. The maximum Gasteiger partial charge on any atom is 0.167 e. The molecular weight excluding hydrogens is 1290 g/mol. The summed E-state index contributed by atoms with van der Waals surface area (Å²) in [5.74, 6) is 3.45. The van der Waals surface area contributed by atoms with Crippen molar-refractivity contribution in [3.8, 4) is 90.8 Å². The Bertz CT molecular complexity index is 7230. The molecule has 0 aliphatic rings. The van der Waals surface area contributed by atoms with Crippen LogP contribution in [0.1, 0.15) is 0 Å². The molecule has 22 rings (SSSR count). The maximum absolute atomic E-state index is 6.57. The second-order valence-electron chi connectivity index (χ2n) is 26.0. The zero-order chi connectivity index (χ0) is 66.7. The van der Waals surface area contributed by atoms with Crippen LogP contribution in [-0.2, 0) is 0 Å². The Labute approximate surface area is 588 Å². The zero-order valence-corrected chi connectivity index (χ0v) is 55.7. The van der Waals surface area contributed by atoms with Gasteiger partial charge in [0.2, 0.25) is 0 Å². The molecule has 0 saturated heterocycles. The summed E-state index contributed by atoms with van der Waals surface area (Å²) < 4.78 is 22.5. The van der Waals surface area contributed by atoms with Crippen molar-refractivity contribution >= 4 is 151 Å². The van der Waals surface area contributed by atoms with Gasteiger partial charge in [0.1, 0.15) is 22.3 Å². The van der Waals surface area contributed by atoms with Crippen molar-refractivity contribution in [2.24, 2.45) is 0 Å². The van der Waals surface area contributed by atoms with Crippen LogP contribution in [0.4, 0.5) is 0 Å². The number of furan rings is 2. The van der Waals surface area contributed by atoms with Crippen LogP contribution in [0, 0.1) is 0 Å². The first-order chi connectivity index (χ1) is 50.5. The molecule has 0 amide bonds. The normalized spacial score (nSPS) is 12.1. The van der Waals surface area contributed by atoms with E-state index in [1.165, 1.54) is 31.9 Å². The highest BCUT2D eigenvalue weighted by molar-refractivity contribution is 7.27. The molecule has 8 heterocycles. The third kappa shape index (κ3) is 8.64. The van der Waals surface area contributed by atoms with Gasteiger partial charge in [0.15, 0.2) is 34.9 Å². The van der Waals surface area contributed by atoms with Crippen LogP contribution in [0.15, 0.2) is 312 Å². The number of fused-ring (bicyclic) bond motifs is 18. The average Bonchev–Trinajstić information content (AvgIpc) is 1.58. The van der Waals surface area contributed by atoms with E-state index in [1.807, 2.05) is 72.8 Å². The van der Waals surface area contributed by atoms with Gasteiger partial charge < -0.3 is 18.0 Å². The van der Waals surface area contributed by atoms with E-state index in [-0.39, 0.29) is 0 Å². The number of nitrogens with zero attached hydrogens (tertiary/aromatic N) is 8. The molecule has 0 unspecified atom stereocenters. The lowest BCUT2D eigenvalue weighted by molar-refractivity contribution is 0.669. The second kappa shape index (κ2) is 22.1. The van der Waals surface area contributed by atoms with Gasteiger partial charge >= 0.3 is 0 Å². The zero-order valence-electron chi connectivity index (χ0n) is 54.1. The van der Waals surface area contributed by atoms with Crippen molar-refractivity contribution in [3.63, 3.8) is 0 Å². The summed E-state index contributed by atoms with van der Waals surface area (Å²) >= 11 is 3.56. The molecule has 0 N–H and O–H groups in total. The van der Waals surface area contributed by atoms with Crippen molar-refractivity contribution in [1.82, 2.24) is 39.0 Å². The van der Waals surface area contributed by atoms with Crippen molar-refractivity contribution in [1.29, 1.82) is 0 Å². The van der Waals surface area contributed by atoms with E-state index < -0.39 is 0 Å². The highest BCUT2D eigenvalue weighted by Gasteiger charge is 2.25. The third-order valence-electron chi connectivity index (χ3n) is 20.3. The third-order valence-corrected chi connectivity index (χ3v) is 22.8. The monoisotopic (exact) mass is 1340 g/mol. The Morgan fingerprint density at radius 1 is 0.216 bits per heavy atom. The smallest absolute Gasteiger partial charge is 0.167 e. The van der Waals surface area contributed by atoms with E-state index in [9.17, 15) is 0 Å². The van der Waals surface area contributed by atoms with E-state index in [1.54, 1.807) is 22.7 Å². The summed E-state index contributed by atoms with van der Waals surface area (Å²) in [5.41, 5.74) is 17.4. The van der Waals surface area contributed by atoms with Crippen LogP contribution in [0.5, 0.6) is 0 Å². The Morgan fingerprint density at radius 2 is 0.598 bits per heavy atom. The van der Waals surface area contributed by atoms with Gasteiger partial charge in [-0.05, 0) is 96.1 Å². The van der Waals surface area contributed by atoms with Crippen molar-refractivity contribution in [3.05, 3.63) is 303 Å². The highest BCUT2D eigenvalue weighted by Crippen LogP contribution is 2.48. The molecule has 0 spiro atoms. The van der Waals surface area contributed by atoms with Gasteiger partial charge in [0.25, 0.3) is 0 Å². The summed E-state index contributed by atoms with van der Waals surface area (Å²) in [4.78, 5) is 31.9. The lowest BCUT2D eigenvalue weighted by Crippen LogP contribution is -2.00. The van der Waals surface area contributed by atoms with E-state index in [0.29, 0.717) is 34.9 Å². The predicted octanol–water partition coefficient (Wildman–Crippen LogP) is 24.5. The topological polar surface area (TPSA) is 113 Å². The molecule has 474 valence electrons. The standard InChI is InChI=1S/C90H50N8O2S2/c1-2-19-52(20-3-1)85-92-88(67-31-14-26-62-60-25-8-13-40-78(60)100-80(62)67)96-90(93-85)69-33-16-28-64-66-30-18-38-76(84(66)102-82(64)69)98-73-36-11-6-23-58(73)70-49-54(46-48-74(70)98)51-41-43-53(44-42-51)86-91-87(55-45-47-61-59-24-7-12-39-77(59)99-79(61)50-55)95-89(94-86)68-32-15-27-63-65-29-17-37-75(83(65)101-81(63)68)97-71-34-9-4-21-56(71)57-22-5-10-35-72(57)97/h1-50H. The summed E-state index contributed by atoms with van der Waals surface area (Å²) in [6, 6.07) is 107. The van der Waals surface area contributed by atoms with Crippen LogP contribution in [0.25, 0.3) is 219 Å². The van der Waals surface area contributed by atoms with Crippen molar-refractivity contribution in [2.75, 3.05) is 0 Å². The van der Waals surface area contributed by atoms with Gasteiger partial charge in [-0.2, -0.15) is 0 Å². The summed E-state index contributed by atoms with van der Waals surface area (Å²) in [5, 5.41) is 13.6. The molecule has 12 heteroatoms. The van der Waals surface area contributed by atoms with E-state index in [0.717, 1.165) is 152 Å². The molecule has 0 aliphatic heterocycles.